The highest BCUT2D eigenvalue weighted by Crippen LogP contribution is 2.11. The Morgan fingerprint density at radius 1 is 0.944 bits per heavy atom. The molecule has 2 heteroatoms. The van der Waals surface area contributed by atoms with Crippen LogP contribution in [-0.4, -0.2) is 10.6 Å². The van der Waals surface area contributed by atoms with E-state index in [1.54, 1.807) is 0 Å². The number of rotatable bonds is 4. The Bertz CT molecular complexity index is 555. The van der Waals surface area contributed by atoms with Crippen molar-refractivity contribution in [1.29, 1.82) is 0 Å². The first kappa shape index (κ1) is 12.7. The number of aryl methyl sites for hydroxylation is 1. The molecule has 0 aliphatic rings. The average Bonchev–Trinajstić information content (AvgIpc) is 2.40. The minimum absolute atomic E-state index is 0.0705. The van der Waals surface area contributed by atoms with E-state index in [0.717, 1.165) is 5.56 Å². The van der Waals surface area contributed by atoms with Crippen molar-refractivity contribution in [3.63, 3.8) is 0 Å². The summed E-state index contributed by atoms with van der Waals surface area (Å²) in [5.41, 5.74) is 2.86. The molecule has 90 valence electrons. The Labute approximate surface area is 112 Å². The molecular formula is C16H14OS. The van der Waals surface area contributed by atoms with Crippen LogP contribution in [0.1, 0.15) is 27.9 Å². The van der Waals surface area contributed by atoms with Gasteiger partial charge in [0.05, 0.1) is 0 Å². The number of hydrogen-bond acceptors (Lipinski definition) is 2. The first-order valence-electron chi connectivity index (χ1n) is 5.85. The lowest BCUT2D eigenvalue weighted by Gasteiger charge is -2.04. The van der Waals surface area contributed by atoms with Crippen molar-refractivity contribution >= 4 is 22.9 Å². The summed E-state index contributed by atoms with van der Waals surface area (Å²) in [6.45, 7) is 2.03. The molecule has 0 N–H and O–H groups in total. The van der Waals surface area contributed by atoms with Gasteiger partial charge in [0.25, 0.3) is 0 Å². The third-order valence-corrected chi connectivity index (χ3v) is 3.17. The first-order chi connectivity index (χ1) is 8.66. The number of hydrogen-bond donors (Lipinski definition) is 0. The van der Waals surface area contributed by atoms with Crippen LogP contribution >= 0.6 is 12.2 Å². The summed E-state index contributed by atoms with van der Waals surface area (Å²) in [6, 6.07) is 17.2. The molecule has 0 radical (unpaired) electrons. The quantitative estimate of drug-likeness (QED) is 0.606. The Morgan fingerprint density at radius 2 is 1.56 bits per heavy atom. The zero-order chi connectivity index (χ0) is 13.0. The molecule has 0 atom stereocenters. The van der Waals surface area contributed by atoms with Crippen molar-refractivity contribution in [3.05, 3.63) is 71.3 Å². The van der Waals surface area contributed by atoms with Gasteiger partial charge in [-0.2, -0.15) is 0 Å². The number of Topliss-reactive ketones (excluding diaryl/α,β-unsaturated/α-hetero) is 1. The number of benzene rings is 2. The Balaban J connectivity index is 2.08. The molecule has 0 aromatic heterocycles. The Morgan fingerprint density at radius 3 is 2.17 bits per heavy atom. The number of carbonyl (C=O) groups is 1. The van der Waals surface area contributed by atoms with Crippen LogP contribution in [-0.2, 0) is 0 Å². The van der Waals surface area contributed by atoms with E-state index in [9.17, 15) is 4.79 Å². The van der Waals surface area contributed by atoms with Gasteiger partial charge in [-0.15, -0.1) is 0 Å². The molecule has 0 amide bonds. The third kappa shape index (κ3) is 3.11. The van der Waals surface area contributed by atoms with Crippen molar-refractivity contribution < 1.29 is 4.79 Å². The van der Waals surface area contributed by atoms with E-state index in [0.29, 0.717) is 16.8 Å². The molecule has 0 spiro atoms. The summed E-state index contributed by atoms with van der Waals surface area (Å²) >= 11 is 5.32. The second-order valence-corrected chi connectivity index (χ2v) is 4.75. The van der Waals surface area contributed by atoms with Gasteiger partial charge in [0, 0.05) is 16.8 Å². The zero-order valence-corrected chi connectivity index (χ0v) is 11.0. The van der Waals surface area contributed by atoms with Crippen LogP contribution in [0.4, 0.5) is 0 Å². The summed E-state index contributed by atoms with van der Waals surface area (Å²) < 4.78 is 0. The van der Waals surface area contributed by atoms with E-state index < -0.39 is 0 Å². The fourth-order valence-corrected chi connectivity index (χ4v) is 1.98. The lowest BCUT2D eigenvalue weighted by Crippen LogP contribution is -2.07. The summed E-state index contributed by atoms with van der Waals surface area (Å²) in [5, 5.41) is 0. The van der Waals surface area contributed by atoms with Crippen LogP contribution < -0.4 is 0 Å². The molecule has 2 aromatic carbocycles. The highest BCUT2D eigenvalue weighted by atomic mass is 32.1. The van der Waals surface area contributed by atoms with E-state index in [1.165, 1.54) is 5.56 Å². The molecule has 0 aliphatic heterocycles. The molecule has 0 saturated heterocycles. The van der Waals surface area contributed by atoms with Crippen molar-refractivity contribution in [2.75, 3.05) is 0 Å². The van der Waals surface area contributed by atoms with Gasteiger partial charge < -0.3 is 0 Å². The van der Waals surface area contributed by atoms with E-state index >= 15 is 0 Å². The molecule has 1 nitrogen and oxygen atoms in total. The van der Waals surface area contributed by atoms with Gasteiger partial charge in [-0.3, -0.25) is 4.79 Å². The monoisotopic (exact) mass is 254 g/mol. The zero-order valence-electron chi connectivity index (χ0n) is 10.2. The van der Waals surface area contributed by atoms with E-state index in [1.807, 2.05) is 61.5 Å². The molecule has 2 rings (SSSR count). The Kier molecular flexibility index (Phi) is 4.00. The van der Waals surface area contributed by atoms with Gasteiger partial charge >= 0.3 is 0 Å². The molecule has 0 bridgehead atoms. The number of carbonyl (C=O) groups excluding carboxylic acids is 1. The van der Waals surface area contributed by atoms with Crippen molar-refractivity contribution in [1.82, 2.24) is 0 Å². The van der Waals surface area contributed by atoms with Crippen LogP contribution in [0, 0.1) is 6.92 Å². The van der Waals surface area contributed by atoms with Gasteiger partial charge in [-0.25, -0.2) is 0 Å². The smallest absolute Gasteiger partial charge is 0.168 e. The van der Waals surface area contributed by atoms with Gasteiger partial charge in [0.2, 0.25) is 0 Å². The second-order valence-electron chi connectivity index (χ2n) is 4.26. The third-order valence-electron chi connectivity index (χ3n) is 2.79. The minimum Gasteiger partial charge on any atom is -0.294 e. The lowest BCUT2D eigenvalue weighted by molar-refractivity contribution is 0.100. The maximum atomic E-state index is 12.0. The molecule has 0 saturated carbocycles. The fourth-order valence-electron chi connectivity index (χ4n) is 1.71. The fraction of sp³-hybridized carbons (Fsp3) is 0.125. The SMILES string of the molecule is Cc1ccc(C(=S)CC(=O)c2ccccc2)cc1. The van der Waals surface area contributed by atoms with Crippen LogP contribution in [0.15, 0.2) is 54.6 Å². The lowest BCUT2D eigenvalue weighted by atomic mass is 10.0. The average molecular weight is 254 g/mol. The highest BCUT2D eigenvalue weighted by molar-refractivity contribution is 7.80. The largest absolute Gasteiger partial charge is 0.294 e. The van der Waals surface area contributed by atoms with Crippen LogP contribution in [0.25, 0.3) is 0 Å². The van der Waals surface area contributed by atoms with Crippen LogP contribution in [0.3, 0.4) is 0 Å². The van der Waals surface area contributed by atoms with Crippen molar-refractivity contribution in [2.24, 2.45) is 0 Å². The van der Waals surface area contributed by atoms with Crippen molar-refractivity contribution in [3.8, 4) is 0 Å². The van der Waals surface area contributed by atoms with Crippen LogP contribution in [0.5, 0.6) is 0 Å². The minimum atomic E-state index is 0.0705. The van der Waals surface area contributed by atoms with Gasteiger partial charge in [0.1, 0.15) is 0 Å². The van der Waals surface area contributed by atoms with Crippen molar-refractivity contribution in [2.45, 2.75) is 13.3 Å². The predicted octanol–water partition coefficient (Wildman–Crippen LogP) is 3.99. The van der Waals surface area contributed by atoms with Gasteiger partial charge in [0.15, 0.2) is 5.78 Å². The molecule has 0 fully saturated rings. The topological polar surface area (TPSA) is 17.1 Å². The standard InChI is InChI=1S/C16H14OS/c1-12-7-9-14(10-8-12)16(18)11-15(17)13-5-3-2-4-6-13/h2-10H,11H2,1H3. The second kappa shape index (κ2) is 5.69. The summed E-state index contributed by atoms with van der Waals surface area (Å²) in [5.74, 6) is 0.0705. The predicted molar refractivity (Wildman–Crippen MR) is 78.3 cm³/mol. The maximum Gasteiger partial charge on any atom is 0.168 e. The Hall–Kier alpha value is -1.80. The maximum absolute atomic E-state index is 12.0. The summed E-state index contributed by atoms with van der Waals surface area (Å²) in [4.78, 5) is 12.7. The van der Waals surface area contributed by atoms with Gasteiger partial charge in [-0.1, -0.05) is 72.4 Å². The number of ketones is 1. The normalized spacial score (nSPS) is 10.1. The molecule has 2 aromatic rings. The first-order valence-corrected chi connectivity index (χ1v) is 6.26. The molecular weight excluding hydrogens is 240 g/mol. The summed E-state index contributed by atoms with van der Waals surface area (Å²) in [7, 11) is 0. The molecule has 0 unspecified atom stereocenters. The number of thiocarbonyl (C=S) groups is 1. The molecule has 18 heavy (non-hydrogen) atoms. The van der Waals surface area contributed by atoms with Gasteiger partial charge in [-0.05, 0) is 12.5 Å². The molecule has 0 aliphatic carbocycles. The van der Waals surface area contributed by atoms with Crippen LogP contribution in [0.2, 0.25) is 0 Å². The molecule has 0 heterocycles. The highest BCUT2D eigenvalue weighted by Gasteiger charge is 2.09. The summed E-state index contributed by atoms with van der Waals surface area (Å²) in [6.07, 6.45) is 0.294. The van der Waals surface area contributed by atoms with E-state index in [4.69, 9.17) is 12.2 Å². The van der Waals surface area contributed by atoms with E-state index in [-0.39, 0.29) is 5.78 Å². The van der Waals surface area contributed by atoms with E-state index in [2.05, 4.69) is 0 Å².